The fraction of sp³-hybridized carbons (Fsp3) is 0.500. The van der Waals surface area contributed by atoms with Crippen molar-refractivity contribution in [2.45, 2.75) is 8.68 Å². The predicted octanol–water partition coefficient (Wildman–Crippen LogP) is 1.98. The van der Waals surface area contributed by atoms with Gasteiger partial charge in [-0.3, -0.25) is 10.8 Å². The van der Waals surface area contributed by atoms with Gasteiger partial charge in [-0.25, -0.2) is 0 Å². The molecule has 0 aliphatic carbocycles. The summed E-state index contributed by atoms with van der Waals surface area (Å²) in [7, 11) is 0. The molecule has 0 radical (unpaired) electrons. The largest absolute Gasteiger partial charge is 0.379 e. The molecule has 0 atom stereocenters. The molecule has 6 N–H and O–H groups in total. The van der Waals surface area contributed by atoms with Crippen LogP contribution in [0.4, 0.5) is 0 Å². The Morgan fingerprint density at radius 2 is 1.32 bits per heavy atom. The van der Waals surface area contributed by atoms with Gasteiger partial charge < -0.3 is 11.5 Å². The Bertz CT molecular complexity index is 385. The average Bonchev–Trinajstić information content (AvgIpc) is 2.78. The molecule has 0 amide bonds. The van der Waals surface area contributed by atoms with Crippen molar-refractivity contribution >= 4 is 68.7 Å². The zero-order valence-corrected chi connectivity index (χ0v) is 14.0. The number of amidine groups is 2. The van der Waals surface area contributed by atoms with Crippen LogP contribution in [0.25, 0.3) is 0 Å². The van der Waals surface area contributed by atoms with E-state index in [0.717, 1.165) is 31.7 Å². The van der Waals surface area contributed by atoms with E-state index in [1.165, 1.54) is 23.5 Å². The molecule has 1 aromatic rings. The van der Waals surface area contributed by atoms with Gasteiger partial charge in [-0.15, -0.1) is 10.2 Å². The van der Waals surface area contributed by atoms with Crippen molar-refractivity contribution in [1.29, 1.82) is 10.8 Å². The van der Waals surface area contributed by atoms with E-state index in [1.54, 1.807) is 34.9 Å². The SMILES string of the molecule is N=C(N)SCCSc1nnc(SCCSC(=N)N)s1. The first-order valence-electron chi connectivity index (χ1n) is 5.10. The van der Waals surface area contributed by atoms with Crippen LogP contribution in [0, 0.1) is 10.8 Å². The van der Waals surface area contributed by atoms with Gasteiger partial charge in [-0.05, 0) is 0 Å². The average molecular weight is 355 g/mol. The highest BCUT2D eigenvalue weighted by atomic mass is 32.2. The zero-order valence-electron chi connectivity index (χ0n) is 9.92. The number of nitrogens with two attached hydrogens (primary N) is 2. The summed E-state index contributed by atoms with van der Waals surface area (Å²) in [6.45, 7) is 0. The molecule has 19 heavy (non-hydrogen) atoms. The van der Waals surface area contributed by atoms with Crippen molar-refractivity contribution in [2.75, 3.05) is 23.0 Å². The second-order valence-electron chi connectivity index (χ2n) is 2.96. The normalized spacial score (nSPS) is 10.5. The second kappa shape index (κ2) is 9.75. The van der Waals surface area contributed by atoms with Gasteiger partial charge in [0.05, 0.1) is 0 Å². The molecule has 0 spiro atoms. The maximum absolute atomic E-state index is 7.08. The van der Waals surface area contributed by atoms with Gasteiger partial charge in [0.2, 0.25) is 0 Å². The van der Waals surface area contributed by atoms with Crippen LogP contribution in [0.15, 0.2) is 8.68 Å². The van der Waals surface area contributed by atoms with Crippen LogP contribution in [0.2, 0.25) is 0 Å². The Balaban J connectivity index is 2.17. The molecule has 1 aromatic heterocycles. The maximum Gasteiger partial charge on any atom is 0.175 e. The van der Waals surface area contributed by atoms with Gasteiger partial charge in [0.15, 0.2) is 19.0 Å². The highest BCUT2D eigenvalue weighted by Gasteiger charge is 2.05. The topological polar surface area (TPSA) is 126 Å². The van der Waals surface area contributed by atoms with Crippen molar-refractivity contribution < 1.29 is 0 Å². The molecule has 106 valence electrons. The van der Waals surface area contributed by atoms with Gasteiger partial charge >= 0.3 is 0 Å². The minimum Gasteiger partial charge on any atom is -0.379 e. The van der Waals surface area contributed by atoms with E-state index >= 15 is 0 Å². The van der Waals surface area contributed by atoms with E-state index in [0.29, 0.717) is 0 Å². The van der Waals surface area contributed by atoms with Crippen molar-refractivity contribution in [2.24, 2.45) is 11.5 Å². The number of hydrogen-bond acceptors (Lipinski definition) is 9. The monoisotopic (exact) mass is 354 g/mol. The first-order valence-corrected chi connectivity index (χ1v) is 9.86. The molecule has 1 rings (SSSR count). The molecule has 11 heteroatoms. The third kappa shape index (κ3) is 8.63. The van der Waals surface area contributed by atoms with Crippen LogP contribution < -0.4 is 11.5 Å². The lowest BCUT2D eigenvalue weighted by atomic mass is 11.0. The summed E-state index contributed by atoms with van der Waals surface area (Å²) in [5, 5.41) is 22.6. The Morgan fingerprint density at radius 1 is 0.895 bits per heavy atom. The van der Waals surface area contributed by atoms with E-state index in [9.17, 15) is 0 Å². The van der Waals surface area contributed by atoms with Crippen molar-refractivity contribution in [3.05, 3.63) is 0 Å². The van der Waals surface area contributed by atoms with Crippen LogP contribution in [0.1, 0.15) is 0 Å². The molecular weight excluding hydrogens is 340 g/mol. The van der Waals surface area contributed by atoms with E-state index in [4.69, 9.17) is 22.3 Å². The van der Waals surface area contributed by atoms with Crippen molar-refractivity contribution in [3.8, 4) is 0 Å². The highest BCUT2D eigenvalue weighted by Crippen LogP contribution is 2.29. The number of nitrogens with one attached hydrogen (secondary N) is 2. The van der Waals surface area contributed by atoms with Gasteiger partial charge in [-0.2, -0.15) is 0 Å². The summed E-state index contributed by atoms with van der Waals surface area (Å²) >= 11 is 7.49. The highest BCUT2D eigenvalue weighted by molar-refractivity contribution is 8.15. The third-order valence-electron chi connectivity index (χ3n) is 1.52. The fourth-order valence-corrected chi connectivity index (χ4v) is 5.11. The summed E-state index contributed by atoms with van der Waals surface area (Å²) in [5.41, 5.74) is 10.5. The zero-order chi connectivity index (χ0) is 14.1. The smallest absolute Gasteiger partial charge is 0.175 e. The minimum absolute atomic E-state index is 0.150. The van der Waals surface area contributed by atoms with Crippen LogP contribution >= 0.6 is 58.4 Å². The molecule has 0 aromatic carbocycles. The van der Waals surface area contributed by atoms with Crippen LogP contribution in [0.5, 0.6) is 0 Å². The Kier molecular flexibility index (Phi) is 8.70. The predicted molar refractivity (Wildman–Crippen MR) is 90.1 cm³/mol. The van der Waals surface area contributed by atoms with Gasteiger partial charge in [0, 0.05) is 23.0 Å². The Morgan fingerprint density at radius 3 is 1.68 bits per heavy atom. The number of hydrogen-bond donors (Lipinski definition) is 4. The molecule has 0 saturated carbocycles. The van der Waals surface area contributed by atoms with Crippen molar-refractivity contribution in [1.82, 2.24) is 10.2 Å². The first-order chi connectivity index (χ1) is 9.08. The van der Waals surface area contributed by atoms with Crippen LogP contribution in [-0.2, 0) is 0 Å². The lowest BCUT2D eigenvalue weighted by Crippen LogP contribution is -2.05. The minimum atomic E-state index is 0.150. The number of rotatable bonds is 8. The summed E-state index contributed by atoms with van der Waals surface area (Å²) < 4.78 is 1.87. The maximum atomic E-state index is 7.08. The molecule has 0 aliphatic heterocycles. The molecule has 6 nitrogen and oxygen atoms in total. The summed E-state index contributed by atoms with van der Waals surface area (Å²) in [5.74, 6) is 3.34. The fourth-order valence-electron chi connectivity index (χ4n) is 0.875. The summed E-state index contributed by atoms with van der Waals surface area (Å²) in [6, 6.07) is 0. The summed E-state index contributed by atoms with van der Waals surface area (Å²) in [4.78, 5) is 0. The lowest BCUT2D eigenvalue weighted by molar-refractivity contribution is 0.955. The van der Waals surface area contributed by atoms with E-state index < -0.39 is 0 Å². The van der Waals surface area contributed by atoms with Gasteiger partial charge in [0.1, 0.15) is 0 Å². The molecule has 1 heterocycles. The lowest BCUT2D eigenvalue weighted by Gasteiger charge is -1.96. The van der Waals surface area contributed by atoms with Crippen LogP contribution in [-0.4, -0.2) is 43.5 Å². The second-order valence-corrected chi connectivity index (χ2v) is 8.89. The number of thioether (sulfide) groups is 4. The first kappa shape index (κ1) is 17.0. The molecule has 0 unspecified atom stereocenters. The third-order valence-corrected chi connectivity index (χ3v) is 6.67. The quantitative estimate of drug-likeness (QED) is 0.242. The molecule has 0 fully saturated rings. The standard InChI is InChI=1S/C8H14N6S5/c9-5(10)15-1-3-17-7-13-14-8(19-7)18-4-2-16-6(11)12/h1-4H2,(H3,9,10)(H3,11,12). The van der Waals surface area contributed by atoms with E-state index in [1.807, 2.05) is 0 Å². The molecule has 0 bridgehead atoms. The number of nitrogens with zero attached hydrogens (tertiary/aromatic N) is 2. The van der Waals surface area contributed by atoms with Crippen molar-refractivity contribution in [3.63, 3.8) is 0 Å². The van der Waals surface area contributed by atoms with E-state index in [2.05, 4.69) is 10.2 Å². The van der Waals surface area contributed by atoms with Crippen LogP contribution in [0.3, 0.4) is 0 Å². The Hall–Kier alpha value is -0.100. The summed E-state index contributed by atoms with van der Waals surface area (Å²) in [6.07, 6.45) is 0. The van der Waals surface area contributed by atoms with Gasteiger partial charge in [-0.1, -0.05) is 58.4 Å². The Labute approximate surface area is 132 Å². The van der Waals surface area contributed by atoms with E-state index in [-0.39, 0.29) is 10.3 Å². The molecule has 0 aliphatic rings. The number of aromatic nitrogens is 2. The molecule has 0 saturated heterocycles. The van der Waals surface area contributed by atoms with Gasteiger partial charge in [0.25, 0.3) is 0 Å². The molecular formula is C8H14N6S5.